The highest BCUT2D eigenvalue weighted by Crippen LogP contribution is 2.32. The Kier molecular flexibility index (Phi) is 7.09. The molecule has 1 fully saturated rings. The minimum atomic E-state index is -1.53. The molecule has 0 saturated carbocycles. The van der Waals surface area contributed by atoms with Crippen LogP contribution in [-0.4, -0.2) is 62.4 Å². The number of ether oxygens (including phenoxy) is 2. The van der Waals surface area contributed by atoms with Gasteiger partial charge in [-0.15, -0.1) is 0 Å². The Morgan fingerprint density at radius 1 is 1.03 bits per heavy atom. The normalized spacial score (nSPS) is 25.7. The molecule has 4 N–H and O–H groups in total. The van der Waals surface area contributed by atoms with Gasteiger partial charge in [0, 0.05) is 6.07 Å². The molecule has 0 unspecified atom stereocenters. The number of nitro groups is 2. The number of aliphatic hydroxyl groups is 3. The summed E-state index contributed by atoms with van der Waals surface area (Å²) in [5, 5.41) is 55.3. The van der Waals surface area contributed by atoms with Crippen molar-refractivity contribution in [3.05, 3.63) is 74.3 Å². The first kappa shape index (κ1) is 22.5. The summed E-state index contributed by atoms with van der Waals surface area (Å²) >= 11 is 0. The molecule has 31 heavy (non-hydrogen) atoms. The maximum absolute atomic E-state index is 11.4. The topological polar surface area (TPSA) is 177 Å². The monoisotopic (exact) mass is 435 g/mol. The molecule has 1 aliphatic rings. The molecule has 0 aliphatic carbocycles. The van der Waals surface area contributed by atoms with E-state index < -0.39 is 58.5 Å². The van der Waals surface area contributed by atoms with Crippen LogP contribution in [0, 0.1) is 20.2 Å². The minimum Gasteiger partial charge on any atom is -0.394 e. The lowest BCUT2D eigenvalue weighted by Crippen LogP contribution is -2.61. The molecule has 166 valence electrons. The van der Waals surface area contributed by atoms with Crippen LogP contribution in [0.25, 0.3) is 0 Å². The van der Waals surface area contributed by atoms with Gasteiger partial charge >= 0.3 is 0 Å². The Bertz CT molecular complexity index is 927. The first-order valence-electron chi connectivity index (χ1n) is 9.29. The van der Waals surface area contributed by atoms with E-state index in [0.717, 1.165) is 23.8 Å². The number of hydrogen-bond donors (Lipinski definition) is 4. The fourth-order valence-corrected chi connectivity index (χ4v) is 3.22. The second-order valence-electron chi connectivity index (χ2n) is 6.89. The highest BCUT2D eigenvalue weighted by Gasteiger charge is 2.45. The predicted molar refractivity (Wildman–Crippen MR) is 106 cm³/mol. The van der Waals surface area contributed by atoms with Gasteiger partial charge < -0.3 is 30.1 Å². The van der Waals surface area contributed by atoms with Crippen LogP contribution < -0.4 is 5.32 Å². The number of hydrogen-bond acceptors (Lipinski definition) is 10. The molecular formula is C19H21N3O9. The van der Waals surface area contributed by atoms with Gasteiger partial charge in [0.25, 0.3) is 11.4 Å². The Hall–Kier alpha value is -3.16. The maximum atomic E-state index is 11.4. The third-order valence-electron chi connectivity index (χ3n) is 4.85. The van der Waals surface area contributed by atoms with Crippen molar-refractivity contribution in [1.29, 1.82) is 0 Å². The van der Waals surface area contributed by atoms with Gasteiger partial charge in [0.1, 0.15) is 30.0 Å². The number of benzene rings is 2. The van der Waals surface area contributed by atoms with Crippen molar-refractivity contribution in [3.63, 3.8) is 0 Å². The van der Waals surface area contributed by atoms with E-state index in [0.29, 0.717) is 0 Å². The molecule has 5 atom stereocenters. The number of non-ortho nitro benzene ring substituents is 1. The van der Waals surface area contributed by atoms with Crippen LogP contribution in [0.1, 0.15) is 5.56 Å². The van der Waals surface area contributed by atoms with Crippen molar-refractivity contribution in [2.45, 2.75) is 37.3 Å². The van der Waals surface area contributed by atoms with E-state index in [1.165, 1.54) is 0 Å². The third kappa shape index (κ3) is 5.13. The third-order valence-corrected chi connectivity index (χ3v) is 4.85. The fourth-order valence-electron chi connectivity index (χ4n) is 3.22. The van der Waals surface area contributed by atoms with Gasteiger partial charge in [-0.25, -0.2) is 0 Å². The zero-order chi connectivity index (χ0) is 22.5. The molecule has 0 aromatic heterocycles. The lowest BCUT2D eigenvalue weighted by Gasteiger charge is -2.42. The molecule has 1 saturated heterocycles. The fraction of sp³-hybridized carbons (Fsp3) is 0.368. The average Bonchev–Trinajstić information content (AvgIpc) is 2.77. The summed E-state index contributed by atoms with van der Waals surface area (Å²) in [5.41, 5.74) is -0.421. The van der Waals surface area contributed by atoms with E-state index in [2.05, 4.69) is 5.32 Å². The number of anilines is 1. The first-order chi connectivity index (χ1) is 14.8. The summed E-state index contributed by atoms with van der Waals surface area (Å²) in [7, 11) is 0. The van der Waals surface area contributed by atoms with E-state index in [1.807, 2.05) is 6.07 Å². The van der Waals surface area contributed by atoms with Crippen LogP contribution in [0.15, 0.2) is 48.5 Å². The zero-order valence-electron chi connectivity index (χ0n) is 16.1. The van der Waals surface area contributed by atoms with E-state index in [-0.39, 0.29) is 12.3 Å². The van der Waals surface area contributed by atoms with Gasteiger partial charge in [-0.1, -0.05) is 30.3 Å². The predicted octanol–water partition coefficient (Wildman–Crippen LogP) is 0.939. The lowest BCUT2D eigenvalue weighted by molar-refractivity contribution is -0.393. The van der Waals surface area contributed by atoms with Crippen molar-refractivity contribution >= 4 is 17.1 Å². The number of nitrogens with one attached hydrogen (secondary N) is 1. The van der Waals surface area contributed by atoms with Crippen LogP contribution in [-0.2, 0) is 16.1 Å². The molecule has 0 radical (unpaired) electrons. The second-order valence-corrected chi connectivity index (χ2v) is 6.89. The van der Waals surface area contributed by atoms with Gasteiger partial charge in [-0.2, -0.15) is 0 Å². The number of nitrogens with zero attached hydrogens (tertiary/aromatic N) is 2. The smallest absolute Gasteiger partial charge is 0.299 e. The van der Waals surface area contributed by atoms with Crippen molar-refractivity contribution < 1.29 is 34.6 Å². The summed E-state index contributed by atoms with van der Waals surface area (Å²) < 4.78 is 11.3. The van der Waals surface area contributed by atoms with Gasteiger partial charge in [-0.05, 0) is 11.6 Å². The number of aliphatic hydroxyl groups excluding tert-OH is 3. The summed E-state index contributed by atoms with van der Waals surface area (Å²) in [6.07, 6.45) is -5.37. The molecule has 12 heteroatoms. The summed E-state index contributed by atoms with van der Waals surface area (Å²) in [4.78, 5) is 20.8. The van der Waals surface area contributed by atoms with Crippen LogP contribution in [0.4, 0.5) is 17.1 Å². The molecule has 2 aromatic carbocycles. The van der Waals surface area contributed by atoms with E-state index in [4.69, 9.17) is 9.47 Å². The van der Waals surface area contributed by atoms with E-state index in [9.17, 15) is 35.5 Å². The zero-order valence-corrected chi connectivity index (χ0v) is 16.1. The Labute approximate surface area is 176 Å². The Morgan fingerprint density at radius 2 is 1.74 bits per heavy atom. The van der Waals surface area contributed by atoms with Crippen LogP contribution >= 0.6 is 0 Å². The first-order valence-corrected chi connectivity index (χ1v) is 9.29. The molecule has 12 nitrogen and oxygen atoms in total. The molecule has 0 amide bonds. The largest absolute Gasteiger partial charge is 0.394 e. The summed E-state index contributed by atoms with van der Waals surface area (Å²) in [6, 6.07) is 10.8. The molecule has 0 bridgehead atoms. The SMILES string of the molecule is O=[N+]([O-])c1ccc(N[C@@H]2[C@H](OCc3ccccc3)O[C@H](CO)[C@@H](O)[C@@H]2O)c([N+](=O)[O-])c1. The second kappa shape index (κ2) is 9.76. The van der Waals surface area contributed by atoms with Crippen molar-refractivity contribution in [2.75, 3.05) is 11.9 Å². The quantitative estimate of drug-likeness (QED) is 0.344. The van der Waals surface area contributed by atoms with Gasteiger partial charge in [0.05, 0.1) is 29.1 Å². The van der Waals surface area contributed by atoms with Gasteiger partial charge in [0.2, 0.25) is 0 Å². The number of rotatable bonds is 8. The highest BCUT2D eigenvalue weighted by molar-refractivity contribution is 5.65. The average molecular weight is 435 g/mol. The van der Waals surface area contributed by atoms with Crippen LogP contribution in [0.2, 0.25) is 0 Å². The summed E-state index contributed by atoms with van der Waals surface area (Å²) in [6.45, 7) is -0.527. The molecule has 1 heterocycles. The highest BCUT2D eigenvalue weighted by atomic mass is 16.7. The molecular weight excluding hydrogens is 414 g/mol. The van der Waals surface area contributed by atoms with Crippen LogP contribution in [0.5, 0.6) is 0 Å². The number of nitro benzene ring substituents is 2. The van der Waals surface area contributed by atoms with Crippen molar-refractivity contribution in [3.8, 4) is 0 Å². The molecule has 1 aliphatic heterocycles. The lowest BCUT2D eigenvalue weighted by atomic mass is 9.96. The summed E-state index contributed by atoms with van der Waals surface area (Å²) in [5.74, 6) is 0. The maximum Gasteiger partial charge on any atom is 0.299 e. The standard InChI is InChI=1S/C19H21N3O9/c23-9-15-17(24)18(25)16(19(31-15)30-10-11-4-2-1-3-5-11)20-13-7-6-12(21(26)27)8-14(13)22(28)29/h1-8,15-20,23-25H,9-10H2/t15-,16+,17-,18-,19-/m1/s1. The molecule has 3 rings (SSSR count). The Morgan fingerprint density at radius 3 is 2.35 bits per heavy atom. The van der Waals surface area contributed by atoms with Gasteiger partial charge in [-0.3, -0.25) is 20.2 Å². The van der Waals surface area contributed by atoms with Crippen molar-refractivity contribution in [1.82, 2.24) is 0 Å². The Balaban J connectivity index is 1.87. The van der Waals surface area contributed by atoms with Gasteiger partial charge in [0.15, 0.2) is 6.29 Å². The van der Waals surface area contributed by atoms with E-state index in [1.54, 1.807) is 24.3 Å². The van der Waals surface area contributed by atoms with Crippen molar-refractivity contribution in [2.24, 2.45) is 0 Å². The molecule has 0 spiro atoms. The van der Waals surface area contributed by atoms with E-state index >= 15 is 0 Å². The molecule has 2 aromatic rings. The minimum absolute atomic E-state index is 0.0625. The van der Waals surface area contributed by atoms with Crippen LogP contribution in [0.3, 0.4) is 0 Å².